The lowest BCUT2D eigenvalue weighted by molar-refractivity contribution is -0.139. The molecule has 0 radical (unpaired) electrons. The quantitative estimate of drug-likeness (QED) is 0.468. The summed E-state index contributed by atoms with van der Waals surface area (Å²) in [6, 6.07) is 20.4. The Morgan fingerprint density at radius 2 is 1.70 bits per heavy atom. The molecule has 7 heteroatoms. The highest BCUT2D eigenvalue weighted by Gasteiger charge is 2.29. The summed E-state index contributed by atoms with van der Waals surface area (Å²) in [5, 5.41) is 13.0. The average Bonchev–Trinajstić information content (AvgIpc) is 3.16. The smallest absolute Gasteiger partial charge is 0.407 e. The zero-order valence-electron chi connectivity index (χ0n) is 17.6. The lowest BCUT2D eigenvalue weighted by atomic mass is 9.98. The largest absolute Gasteiger partial charge is 0.480 e. The van der Waals surface area contributed by atoms with Gasteiger partial charge in [0.15, 0.2) is 0 Å². The van der Waals surface area contributed by atoms with Gasteiger partial charge in [-0.15, -0.1) is 0 Å². The SMILES string of the molecule is O=C(N[C@@H](Cc1ccc2cncnc2c1)C(=O)O)OCC1c2ccccc2-c2ccccc21. The number of aliphatic carboxylic acids is 1. The number of benzene rings is 3. The van der Waals surface area contributed by atoms with Crippen LogP contribution in [0.5, 0.6) is 0 Å². The number of hydrogen-bond acceptors (Lipinski definition) is 5. The number of carbonyl (C=O) groups is 2. The maximum atomic E-state index is 12.5. The molecule has 1 aromatic heterocycles. The second kappa shape index (κ2) is 8.70. The highest BCUT2D eigenvalue weighted by molar-refractivity contribution is 5.82. The summed E-state index contributed by atoms with van der Waals surface area (Å²) in [6.07, 6.45) is 2.48. The number of aromatic nitrogens is 2. The molecule has 164 valence electrons. The summed E-state index contributed by atoms with van der Waals surface area (Å²) in [7, 11) is 0. The van der Waals surface area contributed by atoms with Gasteiger partial charge in [0.05, 0.1) is 5.52 Å². The van der Waals surface area contributed by atoms with E-state index in [-0.39, 0.29) is 18.9 Å². The van der Waals surface area contributed by atoms with Crippen molar-refractivity contribution in [1.29, 1.82) is 0 Å². The van der Waals surface area contributed by atoms with Crippen LogP contribution < -0.4 is 5.32 Å². The minimum Gasteiger partial charge on any atom is -0.480 e. The molecule has 0 spiro atoms. The second-order valence-electron chi connectivity index (χ2n) is 7.98. The van der Waals surface area contributed by atoms with Gasteiger partial charge < -0.3 is 15.2 Å². The number of alkyl carbamates (subject to hydrolysis) is 1. The van der Waals surface area contributed by atoms with E-state index in [0.29, 0.717) is 5.52 Å². The van der Waals surface area contributed by atoms with Crippen molar-refractivity contribution in [3.05, 3.63) is 95.9 Å². The lowest BCUT2D eigenvalue weighted by Gasteiger charge is -2.17. The molecule has 1 aliphatic rings. The van der Waals surface area contributed by atoms with Crippen LogP contribution in [0, 0.1) is 0 Å². The number of nitrogens with one attached hydrogen (secondary N) is 1. The number of carboxylic acids is 1. The number of nitrogens with zero attached hydrogens (tertiary/aromatic N) is 2. The predicted molar refractivity (Wildman–Crippen MR) is 123 cm³/mol. The van der Waals surface area contributed by atoms with Gasteiger partial charge in [-0.3, -0.25) is 0 Å². The Hall–Kier alpha value is -4.26. The molecule has 0 unspecified atom stereocenters. The number of hydrogen-bond donors (Lipinski definition) is 2. The fourth-order valence-corrected chi connectivity index (χ4v) is 4.36. The van der Waals surface area contributed by atoms with Crippen LogP contribution in [0.4, 0.5) is 4.79 Å². The monoisotopic (exact) mass is 439 g/mol. The van der Waals surface area contributed by atoms with Crippen molar-refractivity contribution in [2.24, 2.45) is 0 Å². The van der Waals surface area contributed by atoms with Crippen LogP contribution in [-0.4, -0.2) is 39.8 Å². The summed E-state index contributed by atoms with van der Waals surface area (Å²) >= 11 is 0. The first-order valence-electron chi connectivity index (χ1n) is 10.6. The van der Waals surface area contributed by atoms with E-state index in [4.69, 9.17) is 4.74 Å². The van der Waals surface area contributed by atoms with Crippen molar-refractivity contribution in [3.63, 3.8) is 0 Å². The highest BCUT2D eigenvalue weighted by Crippen LogP contribution is 2.44. The van der Waals surface area contributed by atoms with Crippen molar-refractivity contribution in [3.8, 4) is 11.1 Å². The number of carbonyl (C=O) groups excluding carboxylic acids is 1. The summed E-state index contributed by atoms with van der Waals surface area (Å²) in [6.45, 7) is 0.124. The maximum absolute atomic E-state index is 12.5. The van der Waals surface area contributed by atoms with Crippen LogP contribution in [0.3, 0.4) is 0 Å². The third kappa shape index (κ3) is 4.13. The van der Waals surface area contributed by atoms with E-state index in [1.807, 2.05) is 42.5 Å². The Balaban J connectivity index is 1.27. The molecule has 1 aliphatic carbocycles. The molecule has 0 bridgehead atoms. The Labute approximate surface area is 190 Å². The zero-order chi connectivity index (χ0) is 22.8. The Morgan fingerprint density at radius 3 is 2.39 bits per heavy atom. The van der Waals surface area contributed by atoms with Crippen LogP contribution in [0.1, 0.15) is 22.6 Å². The summed E-state index contributed by atoms with van der Waals surface area (Å²) in [5.41, 5.74) is 5.91. The van der Waals surface area contributed by atoms with Crippen LogP contribution in [0.25, 0.3) is 22.0 Å². The number of fused-ring (bicyclic) bond motifs is 4. The third-order valence-electron chi connectivity index (χ3n) is 5.95. The molecule has 3 aromatic carbocycles. The van der Waals surface area contributed by atoms with E-state index in [2.05, 4.69) is 27.4 Å². The minimum absolute atomic E-state index is 0.0911. The van der Waals surface area contributed by atoms with Crippen molar-refractivity contribution in [2.45, 2.75) is 18.4 Å². The number of amides is 1. The fraction of sp³-hybridized carbons (Fsp3) is 0.154. The minimum atomic E-state index is -1.13. The molecule has 33 heavy (non-hydrogen) atoms. The fourth-order valence-electron chi connectivity index (χ4n) is 4.36. The van der Waals surface area contributed by atoms with Gasteiger partial charge >= 0.3 is 12.1 Å². The molecule has 2 N–H and O–H groups in total. The molecular weight excluding hydrogens is 418 g/mol. The standard InChI is InChI=1S/C26H21N3O4/c30-25(31)24(12-16-9-10-17-13-27-15-28-23(17)11-16)29-26(32)33-14-22-20-7-3-1-5-18(20)19-6-2-4-8-21(19)22/h1-11,13,15,22,24H,12,14H2,(H,29,32)(H,30,31)/t24-/m0/s1. The molecule has 0 saturated carbocycles. The predicted octanol–water partition coefficient (Wildman–Crippen LogP) is 4.16. The van der Waals surface area contributed by atoms with Gasteiger partial charge in [-0.05, 0) is 33.9 Å². The molecule has 1 heterocycles. The number of ether oxygens (including phenoxy) is 1. The Bertz CT molecular complexity index is 1310. The normalized spacial score (nSPS) is 13.2. The van der Waals surface area contributed by atoms with E-state index in [0.717, 1.165) is 33.2 Å². The van der Waals surface area contributed by atoms with Crippen LogP contribution in [-0.2, 0) is 16.0 Å². The maximum Gasteiger partial charge on any atom is 0.407 e. The molecule has 4 aromatic rings. The molecule has 7 nitrogen and oxygen atoms in total. The lowest BCUT2D eigenvalue weighted by Crippen LogP contribution is -2.42. The van der Waals surface area contributed by atoms with E-state index in [1.165, 1.54) is 6.33 Å². The molecule has 1 atom stereocenters. The third-order valence-corrected chi connectivity index (χ3v) is 5.95. The molecular formula is C26H21N3O4. The van der Waals surface area contributed by atoms with E-state index in [1.54, 1.807) is 18.3 Å². The highest BCUT2D eigenvalue weighted by atomic mass is 16.5. The Morgan fingerprint density at radius 1 is 1.00 bits per heavy atom. The first-order valence-corrected chi connectivity index (χ1v) is 10.6. The van der Waals surface area contributed by atoms with Gasteiger partial charge in [0.1, 0.15) is 19.0 Å². The van der Waals surface area contributed by atoms with Crippen LogP contribution >= 0.6 is 0 Å². The summed E-state index contributed by atoms with van der Waals surface area (Å²) in [5.74, 6) is -1.22. The van der Waals surface area contributed by atoms with Crippen LogP contribution in [0.15, 0.2) is 79.3 Å². The van der Waals surface area contributed by atoms with E-state index < -0.39 is 18.1 Å². The van der Waals surface area contributed by atoms with Gasteiger partial charge in [0.25, 0.3) is 0 Å². The molecule has 1 amide bonds. The average molecular weight is 439 g/mol. The topological polar surface area (TPSA) is 101 Å². The first-order chi connectivity index (χ1) is 16.1. The van der Waals surface area contributed by atoms with Crippen molar-refractivity contribution in [1.82, 2.24) is 15.3 Å². The van der Waals surface area contributed by atoms with Gasteiger partial charge in [-0.1, -0.05) is 60.7 Å². The summed E-state index contributed by atoms with van der Waals surface area (Å²) < 4.78 is 5.49. The van der Waals surface area contributed by atoms with E-state index in [9.17, 15) is 14.7 Å². The van der Waals surface area contributed by atoms with Crippen LogP contribution in [0.2, 0.25) is 0 Å². The first kappa shape index (κ1) is 20.6. The summed E-state index contributed by atoms with van der Waals surface area (Å²) in [4.78, 5) is 32.5. The molecule has 0 saturated heterocycles. The van der Waals surface area contributed by atoms with Crippen molar-refractivity contribution >= 4 is 23.0 Å². The van der Waals surface area contributed by atoms with Gasteiger partial charge in [-0.2, -0.15) is 0 Å². The number of rotatable bonds is 6. The second-order valence-corrected chi connectivity index (χ2v) is 7.98. The Kier molecular flexibility index (Phi) is 5.44. The molecule has 5 rings (SSSR count). The van der Waals surface area contributed by atoms with Crippen molar-refractivity contribution in [2.75, 3.05) is 6.61 Å². The van der Waals surface area contributed by atoms with Gasteiger partial charge in [-0.25, -0.2) is 19.6 Å². The zero-order valence-corrected chi connectivity index (χ0v) is 17.6. The number of carboxylic acid groups (broad SMARTS) is 1. The van der Waals surface area contributed by atoms with E-state index >= 15 is 0 Å². The van der Waals surface area contributed by atoms with Gasteiger partial charge in [0.2, 0.25) is 0 Å². The molecule has 0 fully saturated rings. The van der Waals surface area contributed by atoms with Crippen molar-refractivity contribution < 1.29 is 19.4 Å². The molecule has 0 aliphatic heterocycles. The van der Waals surface area contributed by atoms with Gasteiger partial charge in [0, 0.05) is 23.9 Å².